The van der Waals surface area contributed by atoms with E-state index in [4.69, 9.17) is 21.1 Å². The summed E-state index contributed by atoms with van der Waals surface area (Å²) < 4.78 is 25.9. The molecule has 0 bridgehead atoms. The van der Waals surface area contributed by atoms with Crippen LogP contribution in [0.25, 0.3) is 15.7 Å². The zero-order chi connectivity index (χ0) is 19.7. The number of ether oxygens (including phenoxy) is 2. The second-order valence-electron chi connectivity index (χ2n) is 5.67. The van der Waals surface area contributed by atoms with Crippen molar-refractivity contribution in [3.8, 4) is 0 Å². The van der Waals surface area contributed by atoms with Crippen LogP contribution in [0.4, 0.5) is 4.39 Å². The molecule has 0 fully saturated rings. The van der Waals surface area contributed by atoms with Crippen molar-refractivity contribution < 1.29 is 23.5 Å². The Kier molecular flexibility index (Phi) is 5.48. The molecule has 0 radical (unpaired) electrons. The number of hydrogen-bond acceptors (Lipinski definition) is 6. The largest absolute Gasteiger partial charge is 0.462 e. The van der Waals surface area contributed by atoms with Gasteiger partial charge in [-0.05, 0) is 26.0 Å². The third-order valence-corrected chi connectivity index (χ3v) is 4.80. The molecule has 0 spiro atoms. The van der Waals surface area contributed by atoms with Crippen molar-refractivity contribution in [3.63, 3.8) is 0 Å². The van der Waals surface area contributed by atoms with Crippen LogP contribution >= 0.6 is 22.9 Å². The van der Waals surface area contributed by atoms with Gasteiger partial charge in [-0.2, -0.15) is 0 Å². The van der Waals surface area contributed by atoms with Gasteiger partial charge in [0, 0.05) is 22.5 Å². The minimum Gasteiger partial charge on any atom is -0.462 e. The third-order valence-electron chi connectivity index (χ3n) is 3.83. The molecule has 27 heavy (non-hydrogen) atoms. The molecule has 0 aliphatic heterocycles. The number of rotatable bonds is 5. The molecule has 6 nitrogen and oxygen atoms in total. The van der Waals surface area contributed by atoms with Crippen molar-refractivity contribution in [1.82, 2.24) is 4.40 Å². The molecule has 3 rings (SSSR count). The fraction of sp³-hybridized carbons (Fsp3) is 0.278. The summed E-state index contributed by atoms with van der Waals surface area (Å²) in [6.45, 7) is 3.22. The molecule has 142 valence electrons. The van der Waals surface area contributed by atoms with E-state index in [-0.39, 0.29) is 29.5 Å². The maximum atomic E-state index is 14.5. The fourth-order valence-corrected chi connectivity index (χ4v) is 3.74. The maximum absolute atomic E-state index is 14.5. The highest BCUT2D eigenvalue weighted by molar-refractivity contribution is 7.16. The summed E-state index contributed by atoms with van der Waals surface area (Å²) in [5.74, 6) is -2.19. The lowest BCUT2D eigenvalue weighted by molar-refractivity contribution is -0.144. The Morgan fingerprint density at radius 2 is 2.11 bits per heavy atom. The standard InChI is InChI=1S/C18H15ClFNO5S/c1-3-25-18(24)15-16(23)11-8-12(20)10(7-14(22)26-9(2)19)6-13(11)21-4-5-27-17(15)21/h4-6,8-9H,3,7H2,1-2H3. The fourth-order valence-electron chi connectivity index (χ4n) is 2.76. The number of hydrogen-bond donors (Lipinski definition) is 0. The van der Waals surface area contributed by atoms with Gasteiger partial charge in [0.25, 0.3) is 0 Å². The normalized spacial score (nSPS) is 12.3. The van der Waals surface area contributed by atoms with Gasteiger partial charge in [0.05, 0.1) is 18.5 Å². The first-order valence-electron chi connectivity index (χ1n) is 8.08. The number of nitrogens with zero attached hydrogens (tertiary/aromatic N) is 1. The maximum Gasteiger partial charge on any atom is 0.345 e. The quantitative estimate of drug-likeness (QED) is 0.474. The zero-order valence-corrected chi connectivity index (χ0v) is 16.0. The van der Waals surface area contributed by atoms with Gasteiger partial charge in [-0.1, -0.05) is 11.6 Å². The smallest absolute Gasteiger partial charge is 0.345 e. The molecule has 0 aliphatic rings. The molecule has 0 aliphatic carbocycles. The van der Waals surface area contributed by atoms with Crippen LogP contribution in [0.2, 0.25) is 0 Å². The second kappa shape index (κ2) is 7.66. The van der Waals surface area contributed by atoms with Crippen LogP contribution in [0.15, 0.2) is 28.5 Å². The van der Waals surface area contributed by atoms with Crippen molar-refractivity contribution >= 4 is 50.6 Å². The van der Waals surface area contributed by atoms with E-state index in [1.807, 2.05) is 0 Å². The lowest BCUT2D eigenvalue weighted by atomic mass is 10.1. The SMILES string of the molecule is CCOC(=O)c1c(=O)c2cc(F)c(CC(=O)OC(C)Cl)cc2n2ccsc12. The van der Waals surface area contributed by atoms with Gasteiger partial charge in [0.15, 0.2) is 5.56 Å². The molecular weight excluding hydrogens is 397 g/mol. The molecule has 0 saturated carbocycles. The predicted molar refractivity (Wildman–Crippen MR) is 100 cm³/mol. The predicted octanol–water partition coefficient (Wildman–Crippen LogP) is 3.50. The number of benzene rings is 1. The van der Waals surface area contributed by atoms with E-state index in [1.165, 1.54) is 24.3 Å². The van der Waals surface area contributed by atoms with Crippen LogP contribution in [0.5, 0.6) is 0 Å². The summed E-state index contributed by atoms with van der Waals surface area (Å²) in [5, 5.41) is 1.72. The lowest BCUT2D eigenvalue weighted by Crippen LogP contribution is -2.20. The highest BCUT2D eigenvalue weighted by Crippen LogP contribution is 2.25. The Morgan fingerprint density at radius 1 is 1.37 bits per heavy atom. The van der Waals surface area contributed by atoms with Gasteiger partial charge in [-0.25, -0.2) is 9.18 Å². The van der Waals surface area contributed by atoms with Crippen molar-refractivity contribution in [2.45, 2.75) is 25.8 Å². The molecule has 2 aromatic heterocycles. The van der Waals surface area contributed by atoms with E-state index in [9.17, 15) is 18.8 Å². The van der Waals surface area contributed by atoms with E-state index >= 15 is 0 Å². The van der Waals surface area contributed by atoms with Crippen LogP contribution in [0.1, 0.15) is 29.8 Å². The van der Waals surface area contributed by atoms with Crippen LogP contribution in [-0.2, 0) is 20.7 Å². The molecule has 0 amide bonds. The molecule has 1 unspecified atom stereocenters. The number of esters is 2. The summed E-state index contributed by atoms with van der Waals surface area (Å²) in [4.78, 5) is 37.2. The van der Waals surface area contributed by atoms with E-state index in [1.54, 1.807) is 22.9 Å². The van der Waals surface area contributed by atoms with E-state index in [0.29, 0.717) is 10.3 Å². The summed E-state index contributed by atoms with van der Waals surface area (Å²) >= 11 is 6.79. The first-order valence-corrected chi connectivity index (χ1v) is 9.39. The van der Waals surface area contributed by atoms with Crippen LogP contribution in [0, 0.1) is 5.82 Å². The molecular formula is C18H15ClFNO5S. The van der Waals surface area contributed by atoms with Crippen molar-refractivity contribution in [1.29, 1.82) is 0 Å². The first kappa shape index (κ1) is 19.3. The number of aromatic nitrogens is 1. The van der Waals surface area contributed by atoms with Crippen molar-refractivity contribution in [2.24, 2.45) is 0 Å². The number of carbonyl (C=O) groups excluding carboxylic acids is 2. The Hall–Kier alpha value is -2.45. The zero-order valence-electron chi connectivity index (χ0n) is 14.5. The highest BCUT2D eigenvalue weighted by Gasteiger charge is 2.22. The summed E-state index contributed by atoms with van der Waals surface area (Å²) in [6, 6.07) is 2.43. The molecule has 0 N–H and O–H groups in total. The average molecular weight is 412 g/mol. The molecule has 2 heterocycles. The number of fused-ring (bicyclic) bond motifs is 3. The number of alkyl halides is 1. The number of halogens is 2. The second-order valence-corrected chi connectivity index (χ2v) is 7.18. The van der Waals surface area contributed by atoms with Gasteiger partial charge in [-0.3, -0.25) is 9.59 Å². The molecule has 9 heteroatoms. The van der Waals surface area contributed by atoms with Gasteiger partial charge in [0.1, 0.15) is 16.2 Å². The Morgan fingerprint density at radius 3 is 2.78 bits per heavy atom. The van der Waals surface area contributed by atoms with E-state index in [2.05, 4.69) is 0 Å². The third kappa shape index (κ3) is 3.68. The molecule has 0 saturated heterocycles. The lowest BCUT2D eigenvalue weighted by Gasteiger charge is -2.11. The monoisotopic (exact) mass is 411 g/mol. The summed E-state index contributed by atoms with van der Waals surface area (Å²) in [7, 11) is 0. The number of carbonyl (C=O) groups is 2. The summed E-state index contributed by atoms with van der Waals surface area (Å²) in [6.07, 6.45) is 1.32. The van der Waals surface area contributed by atoms with E-state index in [0.717, 1.165) is 6.07 Å². The number of pyridine rings is 1. The van der Waals surface area contributed by atoms with Crippen LogP contribution in [-0.4, -0.2) is 28.5 Å². The molecule has 3 aromatic rings. The average Bonchev–Trinajstić information content (AvgIpc) is 3.05. The molecule has 1 aromatic carbocycles. The topological polar surface area (TPSA) is 74.1 Å². The minimum absolute atomic E-state index is 0.0225. The highest BCUT2D eigenvalue weighted by atomic mass is 35.5. The first-order chi connectivity index (χ1) is 12.8. The van der Waals surface area contributed by atoms with Crippen LogP contribution < -0.4 is 5.43 Å². The van der Waals surface area contributed by atoms with Crippen molar-refractivity contribution in [2.75, 3.05) is 6.61 Å². The Labute approximate surface area is 162 Å². The molecule has 1 atom stereocenters. The number of thiazole rings is 1. The van der Waals surface area contributed by atoms with Crippen molar-refractivity contribution in [3.05, 3.63) is 50.9 Å². The summed E-state index contributed by atoms with van der Waals surface area (Å²) in [5.41, 5.74) is -1.14. The van der Waals surface area contributed by atoms with Gasteiger partial charge in [0.2, 0.25) is 5.43 Å². The van der Waals surface area contributed by atoms with Gasteiger partial charge < -0.3 is 13.9 Å². The van der Waals surface area contributed by atoms with Crippen LogP contribution in [0.3, 0.4) is 0 Å². The van der Waals surface area contributed by atoms with E-state index < -0.39 is 28.7 Å². The Bertz CT molecular complexity index is 1100. The van der Waals surface area contributed by atoms with Gasteiger partial charge >= 0.3 is 11.9 Å². The minimum atomic E-state index is -0.834. The Balaban J connectivity index is 2.21. The van der Waals surface area contributed by atoms with Gasteiger partial charge in [-0.15, -0.1) is 11.3 Å².